The first-order valence-corrected chi connectivity index (χ1v) is 15.7. The summed E-state index contributed by atoms with van der Waals surface area (Å²) < 4.78 is 31.6. The zero-order chi connectivity index (χ0) is 25.9. The Hall–Kier alpha value is -2.42. The zero-order valence-electron chi connectivity index (χ0n) is 21.7. The number of rotatable bonds is 6. The largest absolute Gasteiger partial charge is 0.444 e. The van der Waals surface area contributed by atoms with Gasteiger partial charge in [0.1, 0.15) is 15.5 Å². The number of nitrogens with zero attached hydrogens (tertiary/aromatic N) is 1. The van der Waals surface area contributed by atoms with Crippen LogP contribution in [0.4, 0.5) is 4.79 Å². The number of ether oxygens (including phenoxy) is 1. The SMILES string of the molecule is CC(C)(C)OC(=O)N1CCC[C@H]1/C=C/S(=N)(=O)N[Si](c1ccccc1)(c1ccccc1)C(C)(C)C. The first kappa shape index (κ1) is 27.2. The molecule has 1 unspecified atom stereocenters. The lowest BCUT2D eigenvalue weighted by Gasteiger charge is -2.44. The summed E-state index contributed by atoms with van der Waals surface area (Å²) >= 11 is 0. The van der Waals surface area contributed by atoms with E-state index >= 15 is 0 Å². The quantitative estimate of drug-likeness (QED) is 0.533. The van der Waals surface area contributed by atoms with Gasteiger partial charge in [0.15, 0.2) is 0 Å². The number of carbonyl (C=O) groups is 1. The molecule has 6 nitrogen and oxygen atoms in total. The highest BCUT2D eigenvalue weighted by Gasteiger charge is 2.50. The van der Waals surface area contributed by atoms with Gasteiger partial charge in [-0.05, 0) is 49.0 Å². The Balaban J connectivity index is 1.97. The van der Waals surface area contributed by atoms with Crippen LogP contribution in [-0.4, -0.2) is 41.6 Å². The average Bonchev–Trinajstić information content (AvgIpc) is 3.24. The van der Waals surface area contributed by atoms with Crippen LogP contribution in [0.25, 0.3) is 0 Å². The fourth-order valence-electron chi connectivity index (χ4n) is 4.68. The molecule has 0 saturated carbocycles. The first-order valence-electron chi connectivity index (χ1n) is 12.1. The van der Waals surface area contributed by atoms with E-state index in [1.165, 1.54) is 5.41 Å². The van der Waals surface area contributed by atoms with Gasteiger partial charge in [0, 0.05) is 12.0 Å². The summed E-state index contributed by atoms with van der Waals surface area (Å²) in [5.74, 6) is 0. The van der Waals surface area contributed by atoms with Crippen LogP contribution in [0, 0.1) is 4.78 Å². The van der Waals surface area contributed by atoms with Gasteiger partial charge < -0.3 is 9.64 Å². The fourth-order valence-corrected chi connectivity index (χ4v) is 12.8. The maximum Gasteiger partial charge on any atom is 0.410 e. The Kier molecular flexibility index (Phi) is 7.98. The molecule has 1 fully saturated rings. The van der Waals surface area contributed by atoms with Crippen LogP contribution in [0.15, 0.2) is 72.1 Å². The van der Waals surface area contributed by atoms with Crippen molar-refractivity contribution in [3.8, 4) is 0 Å². The van der Waals surface area contributed by atoms with E-state index in [0.29, 0.717) is 6.54 Å². The molecule has 3 rings (SSSR count). The van der Waals surface area contributed by atoms with Crippen LogP contribution in [0.5, 0.6) is 0 Å². The minimum absolute atomic E-state index is 0.239. The summed E-state index contributed by atoms with van der Waals surface area (Å²) in [4.78, 5) is 14.3. The van der Waals surface area contributed by atoms with Crippen molar-refractivity contribution >= 4 is 34.6 Å². The average molecular weight is 514 g/mol. The van der Waals surface area contributed by atoms with Gasteiger partial charge in [-0.15, -0.1) is 0 Å². The molecule has 1 amide bonds. The van der Waals surface area contributed by atoms with Crippen molar-refractivity contribution in [3.63, 3.8) is 0 Å². The highest BCUT2D eigenvalue weighted by atomic mass is 32.2. The van der Waals surface area contributed by atoms with E-state index in [2.05, 4.69) is 49.4 Å². The van der Waals surface area contributed by atoms with Gasteiger partial charge in [0.2, 0.25) is 8.24 Å². The second kappa shape index (κ2) is 10.3. The molecule has 1 saturated heterocycles. The van der Waals surface area contributed by atoms with Crippen LogP contribution in [0.3, 0.4) is 0 Å². The molecule has 0 bridgehead atoms. The molecule has 2 N–H and O–H groups in total. The molecule has 0 spiro atoms. The first-order chi connectivity index (χ1) is 16.3. The second-order valence-electron chi connectivity index (χ2n) is 11.1. The number of hydrogen-bond donors (Lipinski definition) is 2. The standard InChI is InChI=1S/C27H39N3O3SSi/c1-26(2,3)33-25(31)30-20-13-14-22(30)19-21-34(28,32)29-35(27(4,5)6,23-15-9-7-10-16-23)24-17-11-8-12-18-24/h7-12,15-19,21-22H,13-14,20H2,1-6H3,(H2,28,29,32)/b21-19+/t22-,34?/m0/s1. The molecule has 1 heterocycles. The predicted molar refractivity (Wildman–Crippen MR) is 147 cm³/mol. The van der Waals surface area contributed by atoms with Crippen molar-refractivity contribution in [2.75, 3.05) is 6.54 Å². The summed E-state index contributed by atoms with van der Waals surface area (Å²) in [6.45, 7) is 12.6. The normalized spacial score (nSPS) is 19.0. The number of carbonyl (C=O) groups excluding carboxylic acids is 1. The second-order valence-corrected chi connectivity index (χ2v) is 17.6. The van der Waals surface area contributed by atoms with Crippen LogP contribution in [-0.2, 0) is 14.7 Å². The van der Waals surface area contributed by atoms with Crippen LogP contribution < -0.4 is 14.8 Å². The van der Waals surface area contributed by atoms with Gasteiger partial charge in [-0.1, -0.05) is 87.5 Å². The topological polar surface area (TPSA) is 82.5 Å². The van der Waals surface area contributed by atoms with E-state index in [9.17, 15) is 9.00 Å². The molecule has 0 aromatic heterocycles. The smallest absolute Gasteiger partial charge is 0.410 e. The molecule has 35 heavy (non-hydrogen) atoms. The Bertz CT molecular complexity index is 1100. The van der Waals surface area contributed by atoms with E-state index in [4.69, 9.17) is 9.52 Å². The predicted octanol–water partition coefficient (Wildman–Crippen LogP) is 5.01. The van der Waals surface area contributed by atoms with Crippen LogP contribution in [0.2, 0.25) is 5.04 Å². The zero-order valence-corrected chi connectivity index (χ0v) is 23.5. The molecule has 0 radical (unpaired) electrons. The van der Waals surface area contributed by atoms with Crippen molar-refractivity contribution in [3.05, 3.63) is 72.1 Å². The maximum atomic E-state index is 13.8. The van der Waals surface area contributed by atoms with E-state index in [0.717, 1.165) is 23.2 Å². The Morgan fingerprint density at radius 3 is 2.00 bits per heavy atom. The number of hydrogen-bond acceptors (Lipinski definition) is 4. The van der Waals surface area contributed by atoms with Crippen molar-refractivity contribution < 1.29 is 13.7 Å². The van der Waals surface area contributed by atoms with Gasteiger partial charge in [-0.2, -0.15) is 0 Å². The Morgan fingerprint density at radius 1 is 1.03 bits per heavy atom. The summed E-state index contributed by atoms with van der Waals surface area (Å²) in [6.07, 6.45) is 2.97. The number of benzene rings is 2. The molecule has 1 aliphatic heterocycles. The lowest BCUT2D eigenvalue weighted by molar-refractivity contribution is 0.0256. The number of amides is 1. The highest BCUT2D eigenvalue weighted by molar-refractivity contribution is 7.95. The van der Waals surface area contributed by atoms with Gasteiger partial charge in [0.25, 0.3) is 0 Å². The van der Waals surface area contributed by atoms with Crippen molar-refractivity contribution in [1.29, 1.82) is 4.78 Å². The van der Waals surface area contributed by atoms with E-state index in [1.54, 1.807) is 11.0 Å². The van der Waals surface area contributed by atoms with Gasteiger partial charge in [-0.3, -0.25) is 0 Å². The third-order valence-corrected chi connectivity index (χ3v) is 13.9. The maximum absolute atomic E-state index is 13.8. The highest BCUT2D eigenvalue weighted by Crippen LogP contribution is 2.35. The summed E-state index contributed by atoms with van der Waals surface area (Å²) in [5.41, 5.74) is -0.582. The van der Waals surface area contributed by atoms with Crippen LogP contribution >= 0.6 is 0 Å². The van der Waals surface area contributed by atoms with E-state index < -0.39 is 23.8 Å². The molecule has 2 atom stereocenters. The molecule has 0 aliphatic carbocycles. The summed E-state index contributed by atoms with van der Waals surface area (Å²) in [6, 6.07) is 19.9. The molecule has 190 valence electrons. The molecular weight excluding hydrogens is 474 g/mol. The Labute approximate surface area is 212 Å². The minimum atomic E-state index is -3.34. The number of nitrogens with one attached hydrogen (secondary N) is 2. The molecular formula is C27H39N3O3SSi. The molecule has 8 heteroatoms. The van der Waals surface area contributed by atoms with Gasteiger partial charge >= 0.3 is 6.09 Å². The van der Waals surface area contributed by atoms with Crippen molar-refractivity contribution in [2.24, 2.45) is 0 Å². The van der Waals surface area contributed by atoms with Crippen molar-refractivity contribution in [1.82, 2.24) is 9.29 Å². The van der Waals surface area contributed by atoms with Gasteiger partial charge in [-0.25, -0.2) is 18.2 Å². The molecule has 2 aromatic carbocycles. The lowest BCUT2D eigenvalue weighted by atomic mass is 10.2. The minimum Gasteiger partial charge on any atom is -0.444 e. The van der Waals surface area contributed by atoms with E-state index in [-0.39, 0.29) is 17.2 Å². The third-order valence-electron chi connectivity index (χ3n) is 6.26. The molecule has 2 aromatic rings. The van der Waals surface area contributed by atoms with Crippen LogP contribution in [0.1, 0.15) is 54.4 Å². The Morgan fingerprint density at radius 2 is 1.54 bits per heavy atom. The summed E-state index contributed by atoms with van der Waals surface area (Å²) in [5, 5.41) is 3.31. The molecule has 1 aliphatic rings. The number of likely N-dealkylation sites (tertiary alicyclic amines) is 1. The monoisotopic (exact) mass is 513 g/mol. The van der Waals surface area contributed by atoms with Crippen molar-refractivity contribution in [2.45, 2.75) is 71.1 Å². The lowest BCUT2D eigenvalue weighted by Crippen LogP contribution is -2.74. The fraction of sp³-hybridized carbons (Fsp3) is 0.444. The van der Waals surface area contributed by atoms with E-state index in [1.807, 2.05) is 57.2 Å². The van der Waals surface area contributed by atoms with Gasteiger partial charge in [0.05, 0.1) is 6.04 Å². The summed E-state index contributed by atoms with van der Waals surface area (Å²) in [7, 11) is -6.24. The third kappa shape index (κ3) is 6.42.